The fourth-order valence-electron chi connectivity index (χ4n) is 1.46. The van der Waals surface area contributed by atoms with Crippen molar-refractivity contribution in [2.75, 3.05) is 0 Å². The number of aromatic hydroxyl groups is 1. The minimum atomic E-state index is -4.55. The summed E-state index contributed by atoms with van der Waals surface area (Å²) >= 11 is 0. The number of aromatic nitrogens is 1. The molecule has 0 aliphatic rings. The maximum Gasteiger partial charge on any atom is 0.416 e. The second kappa shape index (κ2) is 3.83. The number of halogens is 3. The van der Waals surface area contributed by atoms with Crippen LogP contribution in [0.5, 0.6) is 5.75 Å². The van der Waals surface area contributed by atoms with Gasteiger partial charge in [-0.2, -0.15) is 13.2 Å². The molecule has 8 heteroatoms. The first kappa shape index (κ1) is 12.1. The first-order chi connectivity index (χ1) is 8.29. The molecule has 0 radical (unpaired) electrons. The Morgan fingerprint density at radius 1 is 1.28 bits per heavy atom. The first-order valence-corrected chi connectivity index (χ1v) is 4.64. The fourth-order valence-corrected chi connectivity index (χ4v) is 1.46. The Morgan fingerprint density at radius 3 is 2.50 bits per heavy atom. The predicted octanol–water partition coefficient (Wildman–Crippen LogP) is 2.87. The van der Waals surface area contributed by atoms with Gasteiger partial charge in [-0.05, 0) is 28.1 Å². The number of nitrogens with zero attached hydrogens (tertiary/aromatic N) is 2. The molecule has 0 atom stereocenters. The van der Waals surface area contributed by atoms with Gasteiger partial charge in [0.1, 0.15) is 5.75 Å². The molecular weight excluding hydrogens is 253 g/mol. The van der Waals surface area contributed by atoms with E-state index in [1.54, 1.807) is 0 Å². The Morgan fingerprint density at radius 2 is 1.94 bits per heavy atom. The molecule has 0 unspecified atom stereocenters. The molecule has 2 aromatic rings. The van der Waals surface area contributed by atoms with Crippen LogP contribution in [0.25, 0.3) is 10.9 Å². The van der Waals surface area contributed by atoms with Crippen LogP contribution in [0, 0.1) is 10.1 Å². The quantitative estimate of drug-likeness (QED) is 0.630. The van der Waals surface area contributed by atoms with E-state index < -0.39 is 28.2 Å². The molecule has 5 nitrogen and oxygen atoms in total. The lowest BCUT2D eigenvalue weighted by Crippen LogP contribution is -2.04. The van der Waals surface area contributed by atoms with E-state index in [1.807, 2.05) is 0 Å². The van der Waals surface area contributed by atoms with Crippen molar-refractivity contribution in [3.63, 3.8) is 0 Å². The number of hydrogen-bond donors (Lipinski definition) is 1. The van der Waals surface area contributed by atoms with Crippen LogP contribution in [0.15, 0.2) is 24.3 Å². The van der Waals surface area contributed by atoms with Crippen LogP contribution < -0.4 is 0 Å². The highest BCUT2D eigenvalue weighted by molar-refractivity contribution is 5.86. The average Bonchev–Trinajstić information content (AvgIpc) is 2.27. The number of nitro groups is 1. The van der Waals surface area contributed by atoms with E-state index in [-0.39, 0.29) is 10.9 Å². The van der Waals surface area contributed by atoms with E-state index in [0.717, 1.165) is 12.1 Å². The van der Waals surface area contributed by atoms with Crippen molar-refractivity contribution >= 4 is 16.7 Å². The molecule has 0 saturated heterocycles. The van der Waals surface area contributed by atoms with Crippen LogP contribution >= 0.6 is 0 Å². The normalized spacial score (nSPS) is 11.7. The van der Waals surface area contributed by atoms with E-state index in [1.165, 1.54) is 0 Å². The van der Waals surface area contributed by atoms with E-state index in [9.17, 15) is 28.4 Å². The second-order valence-electron chi connectivity index (χ2n) is 3.49. The molecule has 1 heterocycles. The van der Waals surface area contributed by atoms with Gasteiger partial charge >= 0.3 is 12.0 Å². The fraction of sp³-hybridized carbons (Fsp3) is 0.100. The SMILES string of the molecule is O=[N+]([O-])c1cc(O)c2cc(C(F)(F)F)ccc2n1. The molecule has 0 spiro atoms. The standard InChI is InChI=1S/C10H5F3N2O3/c11-10(12,13)5-1-2-7-6(3-5)8(16)4-9(14-7)15(17)18/h1-4H,(H,14,16). The molecule has 0 aliphatic heterocycles. The van der Waals surface area contributed by atoms with E-state index >= 15 is 0 Å². The zero-order chi connectivity index (χ0) is 13.5. The predicted molar refractivity (Wildman–Crippen MR) is 55.1 cm³/mol. The van der Waals surface area contributed by atoms with Gasteiger partial charge in [0.05, 0.1) is 17.0 Å². The Bertz CT molecular complexity index is 640. The highest BCUT2D eigenvalue weighted by Gasteiger charge is 2.31. The Balaban J connectivity index is 2.69. The smallest absolute Gasteiger partial charge is 0.416 e. The van der Waals surface area contributed by atoms with Gasteiger partial charge in [0.25, 0.3) is 0 Å². The molecule has 1 aromatic heterocycles. The third kappa shape index (κ3) is 2.04. The second-order valence-corrected chi connectivity index (χ2v) is 3.49. The summed E-state index contributed by atoms with van der Waals surface area (Å²) in [4.78, 5) is 13.2. The number of alkyl halides is 3. The third-order valence-corrected chi connectivity index (χ3v) is 2.29. The van der Waals surface area contributed by atoms with Gasteiger partial charge in [0.15, 0.2) is 5.52 Å². The van der Waals surface area contributed by atoms with Crippen LogP contribution in [0.1, 0.15) is 5.56 Å². The van der Waals surface area contributed by atoms with Gasteiger partial charge in [-0.25, -0.2) is 0 Å². The van der Waals surface area contributed by atoms with Crippen molar-refractivity contribution in [2.24, 2.45) is 0 Å². The molecule has 2 rings (SSSR count). The van der Waals surface area contributed by atoms with Crippen LogP contribution in [0.4, 0.5) is 19.0 Å². The van der Waals surface area contributed by atoms with Gasteiger partial charge in [-0.3, -0.25) is 0 Å². The molecule has 0 aliphatic carbocycles. The summed E-state index contributed by atoms with van der Waals surface area (Å²) < 4.78 is 37.3. The lowest BCUT2D eigenvalue weighted by Gasteiger charge is -2.06. The van der Waals surface area contributed by atoms with Gasteiger partial charge in [0.2, 0.25) is 0 Å². The van der Waals surface area contributed by atoms with Crippen molar-refractivity contribution in [1.82, 2.24) is 4.98 Å². The third-order valence-electron chi connectivity index (χ3n) is 2.29. The number of hydrogen-bond acceptors (Lipinski definition) is 4. The summed E-state index contributed by atoms with van der Waals surface area (Å²) in [6.07, 6.45) is -4.55. The van der Waals surface area contributed by atoms with Crippen LogP contribution in [-0.2, 0) is 6.18 Å². The van der Waals surface area contributed by atoms with Crippen LogP contribution in [0.3, 0.4) is 0 Å². The highest BCUT2D eigenvalue weighted by Crippen LogP contribution is 2.34. The molecular formula is C10H5F3N2O3. The maximum atomic E-state index is 12.4. The Kier molecular flexibility index (Phi) is 2.57. The van der Waals surface area contributed by atoms with E-state index in [2.05, 4.69) is 4.98 Å². The van der Waals surface area contributed by atoms with Crippen molar-refractivity contribution in [3.8, 4) is 5.75 Å². The van der Waals surface area contributed by atoms with Gasteiger partial charge in [-0.15, -0.1) is 0 Å². The Labute approximate surface area is 97.6 Å². The summed E-state index contributed by atoms with van der Waals surface area (Å²) in [5.41, 5.74) is -1.03. The highest BCUT2D eigenvalue weighted by atomic mass is 19.4. The number of pyridine rings is 1. The molecule has 0 saturated carbocycles. The van der Waals surface area contributed by atoms with Crippen molar-refractivity contribution in [3.05, 3.63) is 39.9 Å². The maximum absolute atomic E-state index is 12.4. The van der Waals surface area contributed by atoms with Gasteiger partial charge in [0, 0.05) is 0 Å². The van der Waals surface area contributed by atoms with Crippen LogP contribution in [-0.4, -0.2) is 15.0 Å². The summed E-state index contributed by atoms with van der Waals surface area (Å²) in [5.74, 6) is -1.24. The lowest BCUT2D eigenvalue weighted by molar-refractivity contribution is -0.389. The number of fused-ring (bicyclic) bond motifs is 1. The molecule has 0 amide bonds. The van der Waals surface area contributed by atoms with E-state index in [4.69, 9.17) is 0 Å². The first-order valence-electron chi connectivity index (χ1n) is 4.64. The number of rotatable bonds is 1. The minimum absolute atomic E-state index is 0.0744. The zero-order valence-corrected chi connectivity index (χ0v) is 8.60. The lowest BCUT2D eigenvalue weighted by atomic mass is 10.1. The van der Waals surface area contributed by atoms with E-state index in [0.29, 0.717) is 12.1 Å². The summed E-state index contributed by atoms with van der Waals surface area (Å²) in [5, 5.41) is 19.8. The molecule has 94 valence electrons. The van der Waals surface area contributed by atoms with Gasteiger partial charge in [-0.1, -0.05) is 0 Å². The van der Waals surface area contributed by atoms with Crippen molar-refractivity contribution < 1.29 is 23.2 Å². The monoisotopic (exact) mass is 258 g/mol. The minimum Gasteiger partial charge on any atom is -0.507 e. The molecule has 1 N–H and O–H groups in total. The topological polar surface area (TPSA) is 76.3 Å². The van der Waals surface area contributed by atoms with Gasteiger partial charge < -0.3 is 15.2 Å². The Hall–Kier alpha value is -2.38. The molecule has 0 fully saturated rings. The van der Waals surface area contributed by atoms with Crippen molar-refractivity contribution in [2.45, 2.75) is 6.18 Å². The average molecular weight is 258 g/mol. The molecule has 0 bridgehead atoms. The summed E-state index contributed by atoms with van der Waals surface area (Å²) in [6.45, 7) is 0. The van der Waals surface area contributed by atoms with Crippen molar-refractivity contribution in [1.29, 1.82) is 0 Å². The largest absolute Gasteiger partial charge is 0.507 e. The number of benzene rings is 1. The van der Waals surface area contributed by atoms with Crippen LogP contribution in [0.2, 0.25) is 0 Å². The summed E-state index contributed by atoms with van der Waals surface area (Å²) in [7, 11) is 0. The molecule has 18 heavy (non-hydrogen) atoms. The molecule has 1 aromatic carbocycles. The summed E-state index contributed by atoms with van der Waals surface area (Å²) in [6, 6.07) is 3.13. The zero-order valence-electron chi connectivity index (χ0n) is 8.60.